The number of benzene rings is 4. The van der Waals surface area contributed by atoms with E-state index in [1.54, 1.807) is 0 Å². The van der Waals surface area contributed by atoms with Crippen molar-refractivity contribution in [3.63, 3.8) is 0 Å². The fourth-order valence-electron chi connectivity index (χ4n) is 6.40. The molecule has 7 heteroatoms. The molecule has 6 rings (SSSR count). The first-order valence-corrected chi connectivity index (χ1v) is 17.2. The van der Waals surface area contributed by atoms with E-state index in [1.807, 2.05) is 41.3 Å². The highest BCUT2D eigenvalue weighted by Crippen LogP contribution is 2.35. The maximum atomic E-state index is 13.6. The molecule has 1 heterocycles. The number of nitrogens with one attached hydrogen (secondary N) is 1. The third kappa shape index (κ3) is 8.15. The molecule has 250 valence electrons. The Bertz CT molecular complexity index is 1750. The summed E-state index contributed by atoms with van der Waals surface area (Å²) in [5.74, 6) is 0.226. The molecule has 2 amide bonds. The minimum atomic E-state index is -0.121. The molecule has 4 aromatic rings. The van der Waals surface area contributed by atoms with Gasteiger partial charge < -0.3 is 25.8 Å². The van der Waals surface area contributed by atoms with Crippen LogP contribution < -0.4 is 16.0 Å². The summed E-state index contributed by atoms with van der Waals surface area (Å²) in [6.07, 6.45) is 1.93. The fourth-order valence-corrected chi connectivity index (χ4v) is 6.40. The van der Waals surface area contributed by atoms with Crippen LogP contribution in [-0.2, 0) is 29.8 Å². The van der Waals surface area contributed by atoms with Crippen LogP contribution in [0.2, 0.25) is 0 Å². The van der Waals surface area contributed by atoms with E-state index >= 15 is 0 Å². The molecule has 1 saturated heterocycles. The lowest BCUT2D eigenvalue weighted by molar-refractivity contribution is -0.133. The highest BCUT2D eigenvalue weighted by Gasteiger charge is 2.33. The number of anilines is 2. The molecule has 4 aromatic carbocycles. The van der Waals surface area contributed by atoms with Gasteiger partial charge in [-0.3, -0.25) is 9.59 Å². The molecule has 1 aliphatic heterocycles. The van der Waals surface area contributed by atoms with Crippen LogP contribution in [0.4, 0.5) is 11.4 Å². The fraction of sp³-hybridized carbons (Fsp3) is 0.366. The second kappa shape index (κ2) is 14.3. The lowest BCUT2D eigenvalue weighted by Gasteiger charge is -2.35. The maximum Gasteiger partial charge on any atom is 0.255 e. The Morgan fingerprint density at radius 3 is 2.06 bits per heavy atom. The van der Waals surface area contributed by atoms with Gasteiger partial charge in [0.2, 0.25) is 5.91 Å². The normalized spacial score (nSPS) is 15.3. The van der Waals surface area contributed by atoms with Gasteiger partial charge >= 0.3 is 0 Å². The second-order valence-corrected chi connectivity index (χ2v) is 14.5. The molecule has 48 heavy (non-hydrogen) atoms. The van der Waals surface area contributed by atoms with Gasteiger partial charge in [-0.25, -0.2) is 0 Å². The summed E-state index contributed by atoms with van der Waals surface area (Å²) in [4.78, 5) is 33.7. The lowest BCUT2D eigenvalue weighted by Crippen LogP contribution is -2.44. The monoisotopic (exact) mass is 643 g/mol. The van der Waals surface area contributed by atoms with Crippen LogP contribution in [0.1, 0.15) is 66.2 Å². The molecule has 0 unspecified atom stereocenters. The van der Waals surface area contributed by atoms with Gasteiger partial charge in [-0.05, 0) is 89.0 Å². The molecule has 3 N–H and O–H groups in total. The van der Waals surface area contributed by atoms with Crippen molar-refractivity contribution in [2.75, 3.05) is 43.4 Å². The Kier molecular flexibility index (Phi) is 9.99. The van der Waals surface area contributed by atoms with E-state index in [9.17, 15) is 9.59 Å². The van der Waals surface area contributed by atoms with Gasteiger partial charge in [0.05, 0.1) is 11.4 Å². The molecule has 2 aliphatic rings. The topological polar surface area (TPSA) is 81.9 Å². The van der Waals surface area contributed by atoms with Crippen molar-refractivity contribution < 1.29 is 9.59 Å². The number of nitrogens with zero attached hydrogens (tertiary/aromatic N) is 3. The zero-order chi connectivity index (χ0) is 33.8. The molecule has 2 fully saturated rings. The van der Waals surface area contributed by atoms with E-state index in [-0.39, 0.29) is 23.1 Å². The van der Waals surface area contributed by atoms with Crippen molar-refractivity contribution >= 4 is 23.2 Å². The van der Waals surface area contributed by atoms with E-state index in [4.69, 9.17) is 5.73 Å². The molecule has 0 bridgehead atoms. The third-order valence-corrected chi connectivity index (χ3v) is 9.57. The number of carbonyl (C=O) groups excluding carboxylic acids is 2. The predicted molar refractivity (Wildman–Crippen MR) is 196 cm³/mol. The zero-order valence-corrected chi connectivity index (χ0v) is 28.8. The Morgan fingerprint density at radius 1 is 0.792 bits per heavy atom. The average molecular weight is 644 g/mol. The second-order valence-electron chi connectivity index (χ2n) is 14.5. The first-order chi connectivity index (χ1) is 23.1. The van der Waals surface area contributed by atoms with E-state index in [0.717, 1.165) is 78.2 Å². The number of hydrogen-bond donors (Lipinski definition) is 2. The summed E-state index contributed by atoms with van der Waals surface area (Å²) < 4.78 is 0. The van der Waals surface area contributed by atoms with Crippen molar-refractivity contribution in [2.24, 2.45) is 11.7 Å². The van der Waals surface area contributed by atoms with E-state index in [1.165, 1.54) is 5.56 Å². The number of rotatable bonds is 10. The van der Waals surface area contributed by atoms with Gasteiger partial charge in [-0.15, -0.1) is 0 Å². The Balaban J connectivity index is 1.27. The minimum absolute atomic E-state index is 0.0181. The highest BCUT2D eigenvalue weighted by atomic mass is 16.2. The van der Waals surface area contributed by atoms with Crippen molar-refractivity contribution in [3.8, 4) is 11.1 Å². The first-order valence-electron chi connectivity index (χ1n) is 17.2. The molecule has 0 atom stereocenters. The van der Waals surface area contributed by atoms with Crippen molar-refractivity contribution in [1.29, 1.82) is 0 Å². The van der Waals surface area contributed by atoms with Crippen LogP contribution in [0.15, 0.2) is 91.0 Å². The number of piperazine rings is 1. The maximum absolute atomic E-state index is 13.6. The number of amides is 2. The number of hydrogen-bond acceptors (Lipinski definition) is 5. The number of carbonyl (C=O) groups is 2. The number of nitrogens with two attached hydrogens (primary N) is 1. The van der Waals surface area contributed by atoms with Crippen molar-refractivity contribution in [2.45, 2.75) is 58.7 Å². The molecule has 0 aromatic heterocycles. The van der Waals surface area contributed by atoms with Gasteiger partial charge in [0.1, 0.15) is 0 Å². The molecule has 7 nitrogen and oxygen atoms in total. The van der Waals surface area contributed by atoms with E-state index in [2.05, 4.69) is 97.5 Å². The lowest BCUT2D eigenvalue weighted by atomic mass is 9.86. The van der Waals surface area contributed by atoms with Crippen LogP contribution in [-0.4, -0.2) is 54.8 Å². The Labute approximate surface area is 285 Å². The molecule has 0 spiro atoms. The summed E-state index contributed by atoms with van der Waals surface area (Å²) in [5, 5.41) is 3.27. The molecule has 0 radical (unpaired) electrons. The smallest absolute Gasteiger partial charge is 0.255 e. The molecular weight excluding hydrogens is 594 g/mol. The number of likely N-dealkylation sites (N-methyl/N-ethyl adjacent to an activating group) is 1. The van der Waals surface area contributed by atoms with Crippen LogP contribution >= 0.6 is 0 Å². The standard InChI is InChI=1S/C41H49N5O2/c1-41(2,3)36-16-13-32(14-17-36)39(47)43-37-25-35(15-18-38(37)45-21-19-44(4)20-22-45)34-10-6-9-31(24-34)28-46(40(48)33-11-12-33)27-30-8-5-7-29(23-30)26-42/h5-10,13-18,23-25,33H,11-12,19-22,26-28,42H2,1-4H3,(H,43,47). The van der Waals surface area contributed by atoms with Crippen LogP contribution in [0, 0.1) is 5.92 Å². The predicted octanol–water partition coefficient (Wildman–Crippen LogP) is 7.05. The summed E-state index contributed by atoms with van der Waals surface area (Å²) in [6, 6.07) is 30.9. The zero-order valence-electron chi connectivity index (χ0n) is 28.8. The third-order valence-electron chi connectivity index (χ3n) is 9.57. The summed E-state index contributed by atoms with van der Waals surface area (Å²) >= 11 is 0. The van der Waals surface area contributed by atoms with Gasteiger partial charge in [0.25, 0.3) is 5.91 Å². The van der Waals surface area contributed by atoms with Crippen molar-refractivity contribution in [3.05, 3.63) is 119 Å². The van der Waals surface area contributed by atoms with Gasteiger partial charge in [0.15, 0.2) is 0 Å². The summed E-state index contributed by atoms with van der Waals surface area (Å²) in [6.45, 7) is 11.8. The van der Waals surface area contributed by atoms with Crippen LogP contribution in [0.3, 0.4) is 0 Å². The van der Waals surface area contributed by atoms with Crippen LogP contribution in [0.5, 0.6) is 0 Å². The highest BCUT2D eigenvalue weighted by molar-refractivity contribution is 6.06. The van der Waals surface area contributed by atoms with E-state index < -0.39 is 0 Å². The SMILES string of the molecule is CN1CCN(c2ccc(-c3cccc(CN(Cc4cccc(CN)c4)C(=O)C4CC4)c3)cc2NC(=O)c2ccc(C(C)(C)C)cc2)CC1. The molecule has 1 aliphatic carbocycles. The van der Waals surface area contributed by atoms with Crippen LogP contribution in [0.25, 0.3) is 11.1 Å². The molecule has 1 saturated carbocycles. The summed E-state index contributed by atoms with van der Waals surface area (Å²) in [7, 11) is 2.15. The van der Waals surface area contributed by atoms with Gasteiger partial charge in [-0.2, -0.15) is 0 Å². The van der Waals surface area contributed by atoms with Gasteiger partial charge in [-0.1, -0.05) is 81.4 Å². The van der Waals surface area contributed by atoms with Gasteiger partial charge in [0, 0.05) is 57.3 Å². The Morgan fingerprint density at radius 2 is 1.42 bits per heavy atom. The molecular formula is C41H49N5O2. The largest absolute Gasteiger partial charge is 0.367 e. The summed E-state index contributed by atoms with van der Waals surface area (Å²) in [5.41, 5.74) is 14.9. The Hall–Kier alpha value is -4.46. The average Bonchev–Trinajstić information content (AvgIpc) is 3.94. The quantitative estimate of drug-likeness (QED) is 0.194. The van der Waals surface area contributed by atoms with Crippen molar-refractivity contribution in [1.82, 2.24) is 9.80 Å². The minimum Gasteiger partial charge on any atom is -0.367 e. The first kappa shape index (κ1) is 33.4. The van der Waals surface area contributed by atoms with E-state index in [0.29, 0.717) is 25.2 Å².